The van der Waals surface area contributed by atoms with Crippen molar-refractivity contribution in [3.8, 4) is 0 Å². The lowest BCUT2D eigenvalue weighted by atomic mass is 9.85. The number of hydrogen-bond acceptors (Lipinski definition) is 2. The molecule has 18 heavy (non-hydrogen) atoms. The normalized spacial score (nSPS) is 15.2. The van der Waals surface area contributed by atoms with E-state index >= 15 is 0 Å². The second kappa shape index (κ2) is 5.74. The van der Waals surface area contributed by atoms with E-state index in [9.17, 15) is 4.79 Å². The van der Waals surface area contributed by atoms with Crippen LogP contribution < -0.4 is 5.73 Å². The molecular formula is C14H19BrN2O. The Labute approximate surface area is 116 Å². The summed E-state index contributed by atoms with van der Waals surface area (Å²) in [6.45, 7) is 3.64. The third kappa shape index (κ3) is 2.69. The molecular weight excluding hydrogens is 292 g/mol. The number of hydrogen-bond donors (Lipinski definition) is 1. The Morgan fingerprint density at radius 3 is 2.78 bits per heavy atom. The average molecular weight is 311 g/mol. The van der Waals surface area contributed by atoms with E-state index in [1.807, 2.05) is 24.0 Å². The molecule has 0 saturated heterocycles. The number of carbonyl (C=O) groups excluding carboxylic acids is 1. The summed E-state index contributed by atoms with van der Waals surface area (Å²) in [6, 6.07) is 5.44. The summed E-state index contributed by atoms with van der Waals surface area (Å²) in [5, 5.41) is 0. The summed E-state index contributed by atoms with van der Waals surface area (Å²) in [5.74, 6) is 0.761. The Morgan fingerprint density at radius 1 is 1.50 bits per heavy atom. The van der Waals surface area contributed by atoms with Crippen LogP contribution in [0.25, 0.3) is 0 Å². The number of halogens is 1. The van der Waals surface area contributed by atoms with Crippen molar-refractivity contribution in [3.05, 3.63) is 28.2 Å². The first-order valence-corrected chi connectivity index (χ1v) is 7.26. The molecule has 1 amide bonds. The second-order valence-electron chi connectivity index (χ2n) is 4.85. The van der Waals surface area contributed by atoms with Gasteiger partial charge >= 0.3 is 0 Å². The molecule has 2 rings (SSSR count). The molecule has 0 aliphatic heterocycles. The maximum Gasteiger partial charge on any atom is 0.255 e. The second-order valence-corrected chi connectivity index (χ2v) is 5.64. The van der Waals surface area contributed by atoms with Gasteiger partial charge in [0.1, 0.15) is 0 Å². The zero-order valence-electron chi connectivity index (χ0n) is 10.7. The van der Waals surface area contributed by atoms with Gasteiger partial charge in [0.25, 0.3) is 5.91 Å². The zero-order valence-corrected chi connectivity index (χ0v) is 12.2. The molecule has 0 atom stereocenters. The molecule has 2 N–H and O–H groups in total. The first-order valence-electron chi connectivity index (χ1n) is 6.46. The Kier molecular flexibility index (Phi) is 4.27. The highest BCUT2D eigenvalue weighted by Crippen LogP contribution is 2.29. The molecule has 1 aliphatic rings. The topological polar surface area (TPSA) is 46.3 Å². The predicted molar refractivity (Wildman–Crippen MR) is 77.5 cm³/mol. The van der Waals surface area contributed by atoms with Crippen LogP contribution in [0.2, 0.25) is 0 Å². The number of nitrogens with two attached hydrogens (primary N) is 1. The quantitative estimate of drug-likeness (QED) is 0.867. The van der Waals surface area contributed by atoms with Crippen molar-refractivity contribution < 1.29 is 4.79 Å². The molecule has 0 aromatic heterocycles. The van der Waals surface area contributed by atoms with Crippen LogP contribution in [0.3, 0.4) is 0 Å². The summed E-state index contributed by atoms with van der Waals surface area (Å²) in [7, 11) is 0. The maximum absolute atomic E-state index is 12.5. The van der Waals surface area contributed by atoms with E-state index in [1.165, 1.54) is 19.3 Å². The number of amides is 1. The summed E-state index contributed by atoms with van der Waals surface area (Å²) in [5.41, 5.74) is 7.10. The molecule has 1 aromatic carbocycles. The largest absolute Gasteiger partial charge is 0.398 e. The minimum absolute atomic E-state index is 0.0728. The van der Waals surface area contributed by atoms with Crippen LogP contribution in [-0.4, -0.2) is 23.9 Å². The highest BCUT2D eigenvalue weighted by Gasteiger charge is 2.24. The summed E-state index contributed by atoms with van der Waals surface area (Å²) < 4.78 is 0.710. The highest BCUT2D eigenvalue weighted by molar-refractivity contribution is 9.10. The van der Waals surface area contributed by atoms with E-state index in [-0.39, 0.29) is 5.91 Å². The van der Waals surface area contributed by atoms with Gasteiger partial charge < -0.3 is 10.6 Å². The minimum atomic E-state index is 0.0728. The minimum Gasteiger partial charge on any atom is -0.398 e. The number of rotatable bonds is 4. The zero-order chi connectivity index (χ0) is 13.1. The predicted octanol–water partition coefficient (Wildman–Crippen LogP) is 3.29. The van der Waals surface area contributed by atoms with Crippen LogP contribution in [0, 0.1) is 5.92 Å². The number of anilines is 1. The first kappa shape index (κ1) is 13.4. The van der Waals surface area contributed by atoms with Gasteiger partial charge in [0.05, 0.1) is 10.0 Å². The first-order chi connectivity index (χ1) is 8.63. The van der Waals surface area contributed by atoms with Gasteiger partial charge in [0.15, 0.2) is 0 Å². The van der Waals surface area contributed by atoms with E-state index in [1.54, 1.807) is 6.07 Å². The Hall–Kier alpha value is -1.03. The molecule has 98 valence electrons. The molecule has 1 aromatic rings. The number of carbonyl (C=O) groups is 1. The van der Waals surface area contributed by atoms with Gasteiger partial charge in [-0.2, -0.15) is 0 Å². The van der Waals surface area contributed by atoms with E-state index in [0.717, 1.165) is 13.1 Å². The van der Waals surface area contributed by atoms with Gasteiger partial charge in [0.2, 0.25) is 0 Å². The van der Waals surface area contributed by atoms with Gasteiger partial charge in [0, 0.05) is 18.8 Å². The van der Waals surface area contributed by atoms with E-state index in [0.29, 0.717) is 21.6 Å². The van der Waals surface area contributed by atoms with Gasteiger partial charge in [-0.05, 0) is 53.7 Å². The monoisotopic (exact) mass is 310 g/mol. The fourth-order valence-corrected chi connectivity index (χ4v) is 2.66. The van der Waals surface area contributed by atoms with Crippen LogP contribution in [0.1, 0.15) is 36.5 Å². The Balaban J connectivity index is 2.14. The van der Waals surface area contributed by atoms with Gasteiger partial charge in [-0.15, -0.1) is 0 Å². The third-order valence-corrected chi connectivity index (χ3v) is 4.52. The standard InChI is InChI=1S/C14H19BrN2O/c1-2-17(9-10-5-3-6-10)14(18)11-7-4-8-12(16)13(11)15/h4,7-8,10H,2-3,5-6,9,16H2,1H3. The molecule has 0 heterocycles. The van der Waals surface area contributed by atoms with Crippen molar-refractivity contribution in [3.63, 3.8) is 0 Å². The van der Waals surface area contributed by atoms with Gasteiger partial charge in [-0.25, -0.2) is 0 Å². The van der Waals surface area contributed by atoms with E-state index < -0.39 is 0 Å². The third-order valence-electron chi connectivity index (χ3n) is 3.63. The van der Waals surface area contributed by atoms with Gasteiger partial charge in [-0.3, -0.25) is 4.79 Å². The van der Waals surface area contributed by atoms with Crippen molar-refractivity contribution in [1.82, 2.24) is 4.90 Å². The van der Waals surface area contributed by atoms with Crippen LogP contribution in [0.5, 0.6) is 0 Å². The lowest BCUT2D eigenvalue weighted by Gasteiger charge is -2.32. The molecule has 4 heteroatoms. The molecule has 1 fully saturated rings. The molecule has 1 aliphatic carbocycles. The van der Waals surface area contributed by atoms with Crippen LogP contribution in [0.15, 0.2) is 22.7 Å². The van der Waals surface area contributed by atoms with Crippen molar-refractivity contribution in [2.24, 2.45) is 5.92 Å². The summed E-state index contributed by atoms with van der Waals surface area (Å²) in [6.07, 6.45) is 3.81. The van der Waals surface area contributed by atoms with Crippen molar-refractivity contribution in [2.75, 3.05) is 18.8 Å². The highest BCUT2D eigenvalue weighted by atomic mass is 79.9. The summed E-state index contributed by atoms with van der Waals surface area (Å²) >= 11 is 3.40. The SMILES string of the molecule is CCN(CC1CCC1)C(=O)c1cccc(N)c1Br. The van der Waals surface area contributed by atoms with Crippen LogP contribution >= 0.6 is 15.9 Å². The lowest BCUT2D eigenvalue weighted by Crippen LogP contribution is -2.37. The van der Waals surface area contributed by atoms with Crippen LogP contribution in [0.4, 0.5) is 5.69 Å². The summed E-state index contributed by atoms with van der Waals surface area (Å²) in [4.78, 5) is 14.4. The maximum atomic E-state index is 12.5. The van der Waals surface area contributed by atoms with Crippen molar-refractivity contribution >= 4 is 27.5 Å². The fraction of sp³-hybridized carbons (Fsp3) is 0.500. The number of benzene rings is 1. The van der Waals surface area contributed by atoms with E-state index in [4.69, 9.17) is 5.73 Å². The molecule has 1 saturated carbocycles. The van der Waals surface area contributed by atoms with Crippen molar-refractivity contribution in [1.29, 1.82) is 0 Å². The number of nitrogens with zero attached hydrogens (tertiary/aromatic N) is 1. The molecule has 0 radical (unpaired) electrons. The van der Waals surface area contributed by atoms with E-state index in [2.05, 4.69) is 15.9 Å². The Morgan fingerprint density at radius 2 is 2.22 bits per heavy atom. The number of nitrogen functional groups attached to an aromatic ring is 1. The molecule has 0 spiro atoms. The Bertz CT molecular complexity index is 443. The average Bonchev–Trinajstić information content (AvgIpc) is 2.31. The smallest absolute Gasteiger partial charge is 0.255 e. The van der Waals surface area contributed by atoms with Crippen LogP contribution in [-0.2, 0) is 0 Å². The molecule has 0 bridgehead atoms. The van der Waals surface area contributed by atoms with Crippen molar-refractivity contribution in [2.45, 2.75) is 26.2 Å². The van der Waals surface area contributed by atoms with Gasteiger partial charge in [-0.1, -0.05) is 12.5 Å². The lowest BCUT2D eigenvalue weighted by molar-refractivity contribution is 0.0705. The fourth-order valence-electron chi connectivity index (χ4n) is 2.23. The molecule has 3 nitrogen and oxygen atoms in total. The molecule has 0 unspecified atom stereocenters.